The van der Waals surface area contributed by atoms with Gasteiger partial charge in [-0.1, -0.05) is 32.0 Å². The zero-order valence-electron chi connectivity index (χ0n) is 24.0. The average Bonchev–Trinajstić information content (AvgIpc) is 3.33. The lowest BCUT2D eigenvalue weighted by atomic mass is 10.0. The Morgan fingerprint density at radius 2 is 1.41 bits per heavy atom. The van der Waals surface area contributed by atoms with E-state index in [4.69, 9.17) is 11.5 Å². The fourth-order valence-electron chi connectivity index (χ4n) is 4.13. The quantitative estimate of drug-likeness (QED) is 0.126. The minimum absolute atomic E-state index is 0.139. The van der Waals surface area contributed by atoms with Crippen LogP contribution in [0.15, 0.2) is 30.5 Å². The molecule has 4 amide bonds. The average molecular weight is 574 g/mol. The van der Waals surface area contributed by atoms with Crippen molar-refractivity contribution >= 4 is 40.5 Å². The van der Waals surface area contributed by atoms with Gasteiger partial charge in [-0.25, -0.2) is 4.79 Å². The minimum atomic E-state index is -1.19. The van der Waals surface area contributed by atoms with E-state index in [-0.39, 0.29) is 18.8 Å². The molecule has 0 saturated carbocycles. The number of unbranched alkanes of at least 4 members (excludes halogenated alkanes) is 1. The fourth-order valence-corrected chi connectivity index (χ4v) is 4.13. The van der Waals surface area contributed by atoms with Crippen LogP contribution in [-0.4, -0.2) is 76.4 Å². The normalized spacial score (nSPS) is 14.9. The van der Waals surface area contributed by atoms with Gasteiger partial charge in [0.05, 0.1) is 6.04 Å². The number of benzene rings is 1. The van der Waals surface area contributed by atoms with Crippen molar-refractivity contribution in [1.29, 1.82) is 0 Å². The standard InChI is InChI=1S/C28H43N7O6/c1-15(2)23(30)27(39)35-22(13-18-14-31-20-10-6-5-9-19(18)20)26(38)33-16(3)24(36)32-17(4)25(37)34-21(28(40)41)11-7-8-12-29/h5-6,9-10,14-17,21-23,31H,7-8,11-13,29-30H2,1-4H3,(H,32,36)(H,33,38)(H,34,37)(H,35,39)(H,40,41)/t16-,17-,21-,22-,23-/m0/s1. The molecule has 0 radical (unpaired) electrons. The van der Waals surface area contributed by atoms with Gasteiger partial charge in [0, 0.05) is 23.5 Å². The third-order valence-electron chi connectivity index (χ3n) is 6.82. The monoisotopic (exact) mass is 573 g/mol. The molecule has 0 aliphatic carbocycles. The number of carboxylic acids is 1. The van der Waals surface area contributed by atoms with Gasteiger partial charge in [0.15, 0.2) is 0 Å². The molecule has 0 unspecified atom stereocenters. The summed E-state index contributed by atoms with van der Waals surface area (Å²) in [5, 5.41) is 20.5. The van der Waals surface area contributed by atoms with Gasteiger partial charge in [-0.3, -0.25) is 19.2 Å². The van der Waals surface area contributed by atoms with Crippen LogP contribution in [0.25, 0.3) is 10.9 Å². The topological polar surface area (TPSA) is 222 Å². The highest BCUT2D eigenvalue weighted by Gasteiger charge is 2.30. The molecule has 2 rings (SSSR count). The van der Waals surface area contributed by atoms with Crippen molar-refractivity contribution in [2.45, 2.75) is 83.6 Å². The molecule has 5 atom stereocenters. The van der Waals surface area contributed by atoms with E-state index in [1.165, 1.54) is 13.8 Å². The second-order valence-electron chi connectivity index (χ2n) is 10.5. The lowest BCUT2D eigenvalue weighted by Gasteiger charge is -2.24. The SMILES string of the molecule is CC(C)[C@H](N)C(=O)N[C@@H](Cc1c[nH]c2ccccc12)C(=O)N[C@@H](C)C(=O)N[C@@H](C)C(=O)N[C@@H](CCCCN)C(=O)O. The summed E-state index contributed by atoms with van der Waals surface area (Å²) in [4.78, 5) is 66.0. The molecule has 13 nitrogen and oxygen atoms in total. The summed E-state index contributed by atoms with van der Waals surface area (Å²) >= 11 is 0. The first-order chi connectivity index (χ1) is 19.3. The van der Waals surface area contributed by atoms with E-state index in [0.29, 0.717) is 19.4 Å². The number of aromatic amines is 1. The predicted octanol–water partition coefficient (Wildman–Crippen LogP) is -0.114. The van der Waals surface area contributed by atoms with Crippen LogP contribution in [-0.2, 0) is 30.4 Å². The maximum Gasteiger partial charge on any atom is 0.326 e. The van der Waals surface area contributed by atoms with E-state index in [2.05, 4.69) is 26.3 Å². The minimum Gasteiger partial charge on any atom is -0.480 e. The highest BCUT2D eigenvalue weighted by molar-refractivity contribution is 5.95. The summed E-state index contributed by atoms with van der Waals surface area (Å²) in [6, 6.07) is 2.41. The number of aromatic nitrogens is 1. The summed E-state index contributed by atoms with van der Waals surface area (Å²) in [5.74, 6) is -3.79. The van der Waals surface area contributed by atoms with Crippen molar-refractivity contribution in [3.63, 3.8) is 0 Å². The molecule has 1 aromatic carbocycles. The van der Waals surface area contributed by atoms with Crippen molar-refractivity contribution in [2.75, 3.05) is 6.54 Å². The highest BCUT2D eigenvalue weighted by atomic mass is 16.4. The van der Waals surface area contributed by atoms with E-state index in [9.17, 15) is 29.1 Å². The zero-order chi connectivity index (χ0) is 30.7. The van der Waals surface area contributed by atoms with Crippen LogP contribution >= 0.6 is 0 Å². The number of carboxylic acid groups (broad SMARTS) is 1. The smallest absolute Gasteiger partial charge is 0.326 e. The van der Waals surface area contributed by atoms with Crippen molar-refractivity contribution in [3.8, 4) is 0 Å². The Kier molecular flexibility index (Phi) is 12.7. The number of nitrogens with one attached hydrogen (secondary N) is 5. The summed E-state index contributed by atoms with van der Waals surface area (Å²) in [6.45, 7) is 6.85. The Balaban J connectivity index is 2.07. The number of aliphatic carboxylic acids is 1. The van der Waals surface area contributed by atoms with Crippen molar-refractivity contribution < 1.29 is 29.1 Å². The van der Waals surface area contributed by atoms with E-state index in [1.54, 1.807) is 20.0 Å². The number of carbonyl (C=O) groups excluding carboxylic acids is 4. The number of amides is 4. The van der Waals surface area contributed by atoms with Gasteiger partial charge in [-0.2, -0.15) is 0 Å². The van der Waals surface area contributed by atoms with Crippen LogP contribution in [0.5, 0.6) is 0 Å². The van der Waals surface area contributed by atoms with Crippen LogP contribution < -0.4 is 32.7 Å². The number of fused-ring (bicyclic) bond motifs is 1. The molecule has 0 aliphatic rings. The molecule has 0 bridgehead atoms. The van der Waals surface area contributed by atoms with Crippen molar-refractivity contribution in [1.82, 2.24) is 26.3 Å². The molecule has 41 heavy (non-hydrogen) atoms. The number of hydrogen-bond acceptors (Lipinski definition) is 7. The summed E-state index contributed by atoms with van der Waals surface area (Å²) in [6.07, 6.45) is 3.25. The maximum absolute atomic E-state index is 13.3. The van der Waals surface area contributed by atoms with E-state index in [1.807, 2.05) is 24.3 Å². The molecule has 0 fully saturated rings. The first-order valence-corrected chi connectivity index (χ1v) is 13.8. The Hall–Kier alpha value is -3.97. The Bertz CT molecular complexity index is 1210. The van der Waals surface area contributed by atoms with Gasteiger partial charge in [0.25, 0.3) is 0 Å². The largest absolute Gasteiger partial charge is 0.480 e. The van der Waals surface area contributed by atoms with Gasteiger partial charge >= 0.3 is 5.97 Å². The number of hydrogen-bond donors (Lipinski definition) is 8. The Labute approximate surface area is 239 Å². The maximum atomic E-state index is 13.3. The van der Waals surface area contributed by atoms with E-state index >= 15 is 0 Å². The highest BCUT2D eigenvalue weighted by Crippen LogP contribution is 2.19. The number of carbonyl (C=O) groups is 5. The molecule has 2 aromatic rings. The van der Waals surface area contributed by atoms with Crippen LogP contribution in [0, 0.1) is 5.92 Å². The van der Waals surface area contributed by atoms with E-state index in [0.717, 1.165) is 16.5 Å². The molecule has 1 heterocycles. The third kappa shape index (κ3) is 9.87. The summed E-state index contributed by atoms with van der Waals surface area (Å²) < 4.78 is 0. The fraction of sp³-hybridized carbons (Fsp3) is 0.536. The summed E-state index contributed by atoms with van der Waals surface area (Å²) in [5.41, 5.74) is 13.1. The molecule has 0 spiro atoms. The van der Waals surface area contributed by atoms with Crippen molar-refractivity contribution in [3.05, 3.63) is 36.0 Å². The zero-order valence-corrected chi connectivity index (χ0v) is 24.0. The van der Waals surface area contributed by atoms with Gasteiger partial charge in [0.2, 0.25) is 23.6 Å². The lowest BCUT2D eigenvalue weighted by Crippen LogP contribution is -2.58. The second kappa shape index (κ2) is 15.7. The molecule has 13 heteroatoms. The number of para-hydroxylation sites is 1. The number of rotatable bonds is 16. The Morgan fingerprint density at radius 3 is 2.02 bits per heavy atom. The van der Waals surface area contributed by atoms with Crippen molar-refractivity contribution in [2.24, 2.45) is 17.4 Å². The van der Waals surface area contributed by atoms with Gasteiger partial charge in [0.1, 0.15) is 24.2 Å². The molecule has 226 valence electrons. The molecular formula is C28H43N7O6. The van der Waals surface area contributed by atoms with Gasteiger partial charge in [-0.15, -0.1) is 0 Å². The van der Waals surface area contributed by atoms with Crippen LogP contribution in [0.3, 0.4) is 0 Å². The molecule has 0 saturated heterocycles. The lowest BCUT2D eigenvalue weighted by molar-refractivity contribution is -0.142. The van der Waals surface area contributed by atoms with Gasteiger partial charge in [-0.05, 0) is 57.2 Å². The molecule has 0 aliphatic heterocycles. The van der Waals surface area contributed by atoms with Crippen LogP contribution in [0.2, 0.25) is 0 Å². The number of nitrogens with two attached hydrogens (primary N) is 2. The number of H-pyrrole nitrogens is 1. The first kappa shape index (κ1) is 33.2. The third-order valence-corrected chi connectivity index (χ3v) is 6.82. The van der Waals surface area contributed by atoms with E-state index < -0.39 is 59.8 Å². The molecule has 10 N–H and O–H groups in total. The molecular weight excluding hydrogens is 530 g/mol. The first-order valence-electron chi connectivity index (χ1n) is 13.8. The molecule has 1 aromatic heterocycles. The second-order valence-corrected chi connectivity index (χ2v) is 10.5. The predicted molar refractivity (Wildman–Crippen MR) is 154 cm³/mol. The van der Waals surface area contributed by atoms with Gasteiger partial charge < -0.3 is 42.8 Å². The van der Waals surface area contributed by atoms with Crippen LogP contribution in [0.4, 0.5) is 0 Å². The van der Waals surface area contributed by atoms with Crippen LogP contribution in [0.1, 0.15) is 52.5 Å². The Morgan fingerprint density at radius 1 is 0.829 bits per heavy atom. The summed E-state index contributed by atoms with van der Waals surface area (Å²) in [7, 11) is 0.